The van der Waals surface area contributed by atoms with E-state index in [0.29, 0.717) is 0 Å². The van der Waals surface area contributed by atoms with Crippen LogP contribution < -0.4 is 0 Å². The van der Waals surface area contributed by atoms with Gasteiger partial charge in [-0.2, -0.15) is 4.89 Å². The largest absolute Gasteiger partial charge is 0.460 e. The molecule has 0 aliphatic rings. The number of esters is 1. The van der Waals surface area contributed by atoms with Crippen molar-refractivity contribution >= 4 is 11.9 Å². The van der Waals surface area contributed by atoms with Gasteiger partial charge in [-0.05, 0) is 5.04 Å². The van der Waals surface area contributed by atoms with Gasteiger partial charge in [0.15, 0.2) is 0 Å². The van der Waals surface area contributed by atoms with Crippen molar-refractivity contribution in [2.45, 2.75) is 0 Å². The lowest BCUT2D eigenvalue weighted by molar-refractivity contribution is -0.617. The van der Waals surface area contributed by atoms with Crippen LogP contribution in [0.3, 0.4) is 0 Å². The second kappa shape index (κ2) is 8.88. The fourth-order valence-electron chi connectivity index (χ4n) is 0.370. The van der Waals surface area contributed by atoms with Crippen molar-refractivity contribution in [3.05, 3.63) is 25.3 Å². The van der Waals surface area contributed by atoms with Gasteiger partial charge < -0.3 is 4.74 Å². The van der Waals surface area contributed by atoms with Gasteiger partial charge in [0.05, 0.1) is 0 Å². The van der Waals surface area contributed by atoms with E-state index in [1.807, 2.05) is 0 Å². The van der Waals surface area contributed by atoms with Crippen molar-refractivity contribution in [3.63, 3.8) is 0 Å². The van der Waals surface area contributed by atoms with Gasteiger partial charge in [0.25, 0.3) is 0 Å². The number of ether oxygens (including phenoxy) is 1. The summed E-state index contributed by atoms with van der Waals surface area (Å²) in [6.45, 7) is 6.14. The molecule has 0 saturated heterocycles. The summed E-state index contributed by atoms with van der Waals surface area (Å²) in [5, 5.41) is 7.73. The molecule has 0 aromatic heterocycles. The van der Waals surface area contributed by atoms with Crippen molar-refractivity contribution in [2.24, 2.45) is 0 Å². The number of carbonyl (C=O) groups is 2. The van der Waals surface area contributed by atoms with Gasteiger partial charge in [-0.25, -0.2) is 9.59 Å². The number of rotatable bonds is 8. The van der Waals surface area contributed by atoms with Crippen LogP contribution in [-0.2, 0) is 34.2 Å². The maximum atomic E-state index is 10.5. The van der Waals surface area contributed by atoms with E-state index in [0.717, 1.165) is 12.2 Å². The van der Waals surface area contributed by atoms with Crippen LogP contribution in [0.5, 0.6) is 0 Å². The van der Waals surface area contributed by atoms with Crippen LogP contribution in [0.2, 0.25) is 0 Å². The molecule has 0 heterocycles. The summed E-state index contributed by atoms with van der Waals surface area (Å²) in [5.41, 5.74) is 0. The predicted octanol–water partition coefficient (Wildman–Crippen LogP) is 0.240. The molecule has 0 N–H and O–H groups in total. The summed E-state index contributed by atoms with van der Waals surface area (Å²) < 4.78 is 4.50. The van der Waals surface area contributed by atoms with Gasteiger partial charge in [0.1, 0.15) is 13.2 Å². The lowest BCUT2D eigenvalue weighted by Crippen LogP contribution is -2.10. The molecule has 0 radical (unpaired) electrons. The highest BCUT2D eigenvalue weighted by atomic mass is 17.7. The average molecular weight is 218 g/mol. The minimum atomic E-state index is -0.836. The molecule has 0 spiro atoms. The fraction of sp³-hybridized carbons (Fsp3) is 0.250. The Bertz CT molecular complexity index is 211. The molecular weight excluding hydrogens is 208 g/mol. The van der Waals surface area contributed by atoms with Gasteiger partial charge in [-0.3, -0.25) is 4.89 Å². The quantitative estimate of drug-likeness (QED) is 0.190. The highest BCUT2D eigenvalue weighted by Crippen LogP contribution is 1.87. The lowest BCUT2D eigenvalue weighted by atomic mass is 10.6. The molecule has 15 heavy (non-hydrogen) atoms. The first-order chi connectivity index (χ1) is 7.20. The Labute approximate surface area is 85.6 Å². The van der Waals surface area contributed by atoms with Crippen molar-refractivity contribution in [1.29, 1.82) is 0 Å². The molecule has 84 valence electrons. The topological polar surface area (TPSA) is 80.3 Å². The first kappa shape index (κ1) is 13.3. The third kappa shape index (κ3) is 8.63. The van der Waals surface area contributed by atoms with E-state index in [-0.39, 0.29) is 13.2 Å². The normalized spacial score (nSPS) is 9.07. The van der Waals surface area contributed by atoms with Crippen LogP contribution >= 0.6 is 0 Å². The molecule has 7 heteroatoms. The second-order valence-electron chi connectivity index (χ2n) is 1.94. The molecule has 0 rings (SSSR count). The zero-order valence-electron chi connectivity index (χ0n) is 7.84. The lowest BCUT2D eigenvalue weighted by Gasteiger charge is -2.01. The van der Waals surface area contributed by atoms with Crippen LogP contribution in [0, 0.1) is 0 Å². The highest BCUT2D eigenvalue weighted by molar-refractivity contribution is 5.81. The Morgan fingerprint density at radius 1 is 1.00 bits per heavy atom. The molecule has 0 aromatic rings. The second-order valence-corrected chi connectivity index (χ2v) is 1.94. The van der Waals surface area contributed by atoms with Gasteiger partial charge in [0, 0.05) is 17.2 Å². The molecule has 0 atom stereocenters. The standard InChI is InChI=1S/C8H10O7/c1-3-7(9)11-5-6-12-14-15-13-8(10)4-2/h3-4H,1-2,5-6H2. The molecule has 0 aliphatic carbocycles. The summed E-state index contributed by atoms with van der Waals surface area (Å²) in [6, 6.07) is 0. The summed E-state index contributed by atoms with van der Waals surface area (Å²) in [7, 11) is 0. The first-order valence-corrected chi connectivity index (χ1v) is 3.79. The molecule has 7 nitrogen and oxygen atoms in total. The molecule has 0 amide bonds. The zero-order chi connectivity index (χ0) is 11.5. The van der Waals surface area contributed by atoms with Crippen molar-refractivity contribution < 1.29 is 34.2 Å². The Hall–Kier alpha value is -1.70. The van der Waals surface area contributed by atoms with E-state index >= 15 is 0 Å². The Morgan fingerprint density at radius 3 is 2.27 bits per heavy atom. The SMILES string of the molecule is C=CC(=O)OCCOOOOC(=O)C=C. The predicted molar refractivity (Wildman–Crippen MR) is 45.6 cm³/mol. The molecular formula is C8H10O7. The summed E-state index contributed by atoms with van der Waals surface area (Å²) in [5.74, 6) is -1.42. The first-order valence-electron chi connectivity index (χ1n) is 3.79. The van der Waals surface area contributed by atoms with Gasteiger partial charge >= 0.3 is 11.9 Å². The number of hydrogen-bond donors (Lipinski definition) is 0. The van der Waals surface area contributed by atoms with Crippen LogP contribution in [0.1, 0.15) is 0 Å². The van der Waals surface area contributed by atoms with Crippen molar-refractivity contribution in [1.82, 2.24) is 0 Å². The molecule has 0 saturated carbocycles. The van der Waals surface area contributed by atoms with E-state index in [4.69, 9.17) is 0 Å². The van der Waals surface area contributed by atoms with E-state index in [9.17, 15) is 9.59 Å². The molecule has 0 aromatic carbocycles. The Morgan fingerprint density at radius 2 is 1.67 bits per heavy atom. The minimum absolute atomic E-state index is 0.0520. The average Bonchev–Trinajstić information content (AvgIpc) is 2.26. The third-order valence-corrected chi connectivity index (χ3v) is 0.936. The molecule has 0 aliphatic heterocycles. The third-order valence-electron chi connectivity index (χ3n) is 0.936. The molecule has 0 unspecified atom stereocenters. The summed E-state index contributed by atoms with van der Waals surface area (Å²) in [6.07, 6.45) is 1.87. The van der Waals surface area contributed by atoms with E-state index in [1.165, 1.54) is 0 Å². The molecule has 0 fully saturated rings. The van der Waals surface area contributed by atoms with Gasteiger partial charge in [-0.15, -0.1) is 0 Å². The van der Waals surface area contributed by atoms with Crippen LogP contribution in [0.4, 0.5) is 0 Å². The van der Waals surface area contributed by atoms with E-state index < -0.39 is 11.9 Å². The minimum Gasteiger partial charge on any atom is -0.460 e. The molecule has 0 bridgehead atoms. The highest BCUT2D eigenvalue weighted by Gasteiger charge is 1.98. The van der Waals surface area contributed by atoms with Crippen LogP contribution in [0.15, 0.2) is 25.3 Å². The Balaban J connectivity index is 3.18. The monoisotopic (exact) mass is 218 g/mol. The fourth-order valence-corrected chi connectivity index (χ4v) is 0.370. The number of carbonyl (C=O) groups excluding carboxylic acids is 2. The number of hydrogen-bond acceptors (Lipinski definition) is 7. The Kier molecular flexibility index (Phi) is 7.87. The van der Waals surface area contributed by atoms with Gasteiger partial charge in [-0.1, -0.05) is 13.2 Å². The smallest absolute Gasteiger partial charge is 0.368 e. The van der Waals surface area contributed by atoms with Crippen LogP contribution in [-0.4, -0.2) is 25.2 Å². The van der Waals surface area contributed by atoms with Gasteiger partial charge in [0.2, 0.25) is 0 Å². The maximum Gasteiger partial charge on any atom is 0.368 e. The van der Waals surface area contributed by atoms with Crippen LogP contribution in [0.25, 0.3) is 0 Å². The van der Waals surface area contributed by atoms with Crippen molar-refractivity contribution in [3.8, 4) is 0 Å². The van der Waals surface area contributed by atoms with E-state index in [1.54, 1.807) is 0 Å². The summed E-state index contributed by atoms with van der Waals surface area (Å²) >= 11 is 0. The zero-order valence-corrected chi connectivity index (χ0v) is 7.84. The maximum absolute atomic E-state index is 10.5. The van der Waals surface area contributed by atoms with E-state index in [2.05, 4.69) is 37.7 Å². The summed E-state index contributed by atoms with van der Waals surface area (Å²) in [4.78, 5) is 29.0. The van der Waals surface area contributed by atoms with Crippen molar-refractivity contribution in [2.75, 3.05) is 13.2 Å².